The SMILES string of the molecule is O[C@H]1CC[C@H](Nc2nc(N3CCOCC3)nc(-n3c(C(F)F)nc4ccccc43)n2)CC1. The molecule has 3 aromatic rings. The number of anilines is 2. The number of fused-ring (bicyclic) bond motifs is 1. The van der Waals surface area contributed by atoms with Gasteiger partial charge in [0, 0.05) is 19.1 Å². The van der Waals surface area contributed by atoms with Gasteiger partial charge in [0.25, 0.3) is 6.43 Å². The molecular formula is C21H25F2N7O2. The van der Waals surface area contributed by atoms with Crippen LogP contribution in [0, 0.1) is 0 Å². The first-order valence-corrected chi connectivity index (χ1v) is 10.9. The van der Waals surface area contributed by atoms with Crippen LogP contribution in [0.5, 0.6) is 0 Å². The molecule has 9 nitrogen and oxygen atoms in total. The van der Waals surface area contributed by atoms with E-state index in [1.54, 1.807) is 24.3 Å². The fraction of sp³-hybridized carbons (Fsp3) is 0.524. The first kappa shape index (κ1) is 21.0. The standard InChI is InChI=1S/C21H25F2N7O2/c22-17(23)18-25-15-3-1-2-4-16(15)30(18)21-27-19(24-13-5-7-14(31)8-6-13)26-20(28-21)29-9-11-32-12-10-29/h1-4,13-14,17,31H,5-12H2,(H,24,26,27,28)/t13-,14-. The molecule has 0 atom stereocenters. The zero-order chi connectivity index (χ0) is 22.1. The van der Waals surface area contributed by atoms with Gasteiger partial charge in [-0.3, -0.25) is 4.57 Å². The molecule has 0 bridgehead atoms. The van der Waals surface area contributed by atoms with Crippen molar-refractivity contribution in [3.63, 3.8) is 0 Å². The van der Waals surface area contributed by atoms with Crippen molar-refractivity contribution in [3.05, 3.63) is 30.1 Å². The molecule has 3 heterocycles. The number of hydrogen-bond acceptors (Lipinski definition) is 8. The number of rotatable bonds is 5. The van der Waals surface area contributed by atoms with Gasteiger partial charge >= 0.3 is 0 Å². The third-order valence-corrected chi connectivity index (χ3v) is 5.92. The maximum atomic E-state index is 13.9. The molecule has 2 fully saturated rings. The number of hydrogen-bond donors (Lipinski definition) is 2. The topological polar surface area (TPSA) is 101 Å². The minimum absolute atomic E-state index is 0.0975. The summed E-state index contributed by atoms with van der Waals surface area (Å²) in [5.74, 6) is 0.437. The molecule has 32 heavy (non-hydrogen) atoms. The molecule has 1 saturated heterocycles. The third-order valence-electron chi connectivity index (χ3n) is 5.92. The quantitative estimate of drug-likeness (QED) is 0.618. The van der Waals surface area contributed by atoms with E-state index in [4.69, 9.17) is 4.74 Å². The number of nitrogens with one attached hydrogen (secondary N) is 1. The molecule has 0 amide bonds. The van der Waals surface area contributed by atoms with Crippen LogP contribution in [-0.4, -0.2) is 68.1 Å². The summed E-state index contributed by atoms with van der Waals surface area (Å²) >= 11 is 0. The Hall–Kier alpha value is -2.92. The van der Waals surface area contributed by atoms with Crippen LogP contribution in [0.25, 0.3) is 17.0 Å². The summed E-state index contributed by atoms with van der Waals surface area (Å²) in [5, 5.41) is 13.1. The third kappa shape index (κ3) is 4.22. The molecule has 1 aliphatic heterocycles. The van der Waals surface area contributed by atoms with Crippen LogP contribution in [0.2, 0.25) is 0 Å². The lowest BCUT2D eigenvalue weighted by Gasteiger charge is -2.29. The van der Waals surface area contributed by atoms with Gasteiger partial charge in [-0.05, 0) is 37.8 Å². The van der Waals surface area contributed by atoms with Gasteiger partial charge in [0.2, 0.25) is 17.8 Å². The van der Waals surface area contributed by atoms with Crippen molar-refractivity contribution in [2.75, 3.05) is 36.5 Å². The maximum absolute atomic E-state index is 13.9. The molecule has 2 aromatic heterocycles. The number of halogens is 2. The first-order chi connectivity index (χ1) is 15.6. The Morgan fingerprint density at radius 1 is 0.969 bits per heavy atom. The maximum Gasteiger partial charge on any atom is 0.296 e. The van der Waals surface area contributed by atoms with Crippen molar-refractivity contribution in [1.82, 2.24) is 24.5 Å². The Morgan fingerprint density at radius 3 is 2.44 bits per heavy atom. The molecular weight excluding hydrogens is 420 g/mol. The van der Waals surface area contributed by atoms with Gasteiger partial charge in [0.15, 0.2) is 5.82 Å². The zero-order valence-electron chi connectivity index (χ0n) is 17.5. The van der Waals surface area contributed by atoms with Crippen LogP contribution in [0.15, 0.2) is 24.3 Å². The van der Waals surface area contributed by atoms with Crippen molar-refractivity contribution < 1.29 is 18.6 Å². The Bertz CT molecular complexity index is 1080. The lowest BCUT2D eigenvalue weighted by molar-refractivity contribution is 0.122. The molecule has 0 radical (unpaired) electrons. The highest BCUT2D eigenvalue weighted by Gasteiger charge is 2.26. The van der Waals surface area contributed by atoms with E-state index in [-0.39, 0.29) is 18.1 Å². The number of benzene rings is 1. The lowest BCUT2D eigenvalue weighted by Crippen LogP contribution is -2.38. The molecule has 2 aliphatic rings. The summed E-state index contributed by atoms with van der Waals surface area (Å²) in [6, 6.07) is 7.04. The van der Waals surface area contributed by atoms with Gasteiger partial charge in [-0.2, -0.15) is 15.0 Å². The van der Waals surface area contributed by atoms with E-state index >= 15 is 0 Å². The Labute approximate surface area is 183 Å². The van der Waals surface area contributed by atoms with Crippen LogP contribution in [0.1, 0.15) is 37.9 Å². The van der Waals surface area contributed by atoms with E-state index in [2.05, 4.69) is 25.3 Å². The molecule has 0 unspecified atom stereocenters. The number of aliphatic hydroxyl groups is 1. The van der Waals surface area contributed by atoms with Crippen LogP contribution in [0.4, 0.5) is 20.7 Å². The Kier molecular flexibility index (Phi) is 5.83. The van der Waals surface area contributed by atoms with Crippen LogP contribution in [-0.2, 0) is 4.74 Å². The second-order valence-corrected chi connectivity index (χ2v) is 8.10. The summed E-state index contributed by atoms with van der Waals surface area (Å²) in [5.41, 5.74) is 0.959. The molecule has 1 saturated carbocycles. The lowest BCUT2D eigenvalue weighted by atomic mass is 9.93. The van der Waals surface area contributed by atoms with E-state index in [0.29, 0.717) is 62.1 Å². The second kappa shape index (κ2) is 8.91. The van der Waals surface area contributed by atoms with Crippen LogP contribution < -0.4 is 10.2 Å². The van der Waals surface area contributed by atoms with E-state index in [0.717, 1.165) is 12.8 Å². The van der Waals surface area contributed by atoms with Gasteiger partial charge in [-0.1, -0.05) is 12.1 Å². The average Bonchev–Trinajstić information content (AvgIpc) is 3.21. The predicted octanol–water partition coefficient (Wildman–Crippen LogP) is 2.70. The number of aliphatic hydroxyl groups excluding tert-OH is 1. The van der Waals surface area contributed by atoms with Gasteiger partial charge < -0.3 is 20.1 Å². The monoisotopic (exact) mass is 445 g/mol. The molecule has 11 heteroatoms. The second-order valence-electron chi connectivity index (χ2n) is 8.10. The van der Waals surface area contributed by atoms with Gasteiger partial charge in [0.1, 0.15) is 0 Å². The summed E-state index contributed by atoms with van der Waals surface area (Å²) < 4.78 is 34.5. The molecule has 2 N–H and O–H groups in total. The number of imidazole rings is 1. The molecule has 0 spiro atoms. The zero-order valence-corrected chi connectivity index (χ0v) is 17.5. The van der Waals surface area contributed by atoms with Gasteiger partial charge in [0.05, 0.1) is 30.4 Å². The molecule has 170 valence electrons. The van der Waals surface area contributed by atoms with Gasteiger partial charge in [-0.25, -0.2) is 13.8 Å². The van der Waals surface area contributed by atoms with E-state index in [9.17, 15) is 13.9 Å². The fourth-order valence-electron chi connectivity index (χ4n) is 4.23. The van der Waals surface area contributed by atoms with Crippen molar-refractivity contribution >= 4 is 22.9 Å². The molecule has 5 rings (SSSR count). The van der Waals surface area contributed by atoms with E-state index < -0.39 is 12.2 Å². The predicted molar refractivity (Wildman–Crippen MR) is 114 cm³/mol. The van der Waals surface area contributed by atoms with E-state index in [1.165, 1.54) is 4.57 Å². The number of nitrogens with zero attached hydrogens (tertiary/aromatic N) is 6. The summed E-state index contributed by atoms with van der Waals surface area (Å²) in [6.07, 6.45) is -0.100. The summed E-state index contributed by atoms with van der Waals surface area (Å²) in [7, 11) is 0. The van der Waals surface area contributed by atoms with Crippen molar-refractivity contribution in [2.24, 2.45) is 0 Å². The van der Waals surface area contributed by atoms with Crippen molar-refractivity contribution in [3.8, 4) is 5.95 Å². The first-order valence-electron chi connectivity index (χ1n) is 10.9. The summed E-state index contributed by atoms with van der Waals surface area (Å²) in [6.45, 7) is 2.29. The number of ether oxygens (including phenoxy) is 1. The molecule has 1 aromatic carbocycles. The Morgan fingerprint density at radius 2 is 1.69 bits per heavy atom. The fourth-order valence-corrected chi connectivity index (χ4v) is 4.23. The average molecular weight is 445 g/mol. The highest BCUT2D eigenvalue weighted by atomic mass is 19.3. The normalized spacial score (nSPS) is 21.9. The number of alkyl halides is 2. The molecule has 1 aliphatic carbocycles. The number of morpholine rings is 1. The number of aromatic nitrogens is 5. The summed E-state index contributed by atoms with van der Waals surface area (Å²) in [4.78, 5) is 19.7. The smallest absolute Gasteiger partial charge is 0.296 e. The van der Waals surface area contributed by atoms with Crippen LogP contribution >= 0.6 is 0 Å². The van der Waals surface area contributed by atoms with Crippen molar-refractivity contribution in [2.45, 2.75) is 44.3 Å². The van der Waals surface area contributed by atoms with Gasteiger partial charge in [-0.15, -0.1) is 0 Å². The highest BCUT2D eigenvalue weighted by Crippen LogP contribution is 2.28. The highest BCUT2D eigenvalue weighted by molar-refractivity contribution is 5.77. The van der Waals surface area contributed by atoms with Crippen molar-refractivity contribution in [1.29, 1.82) is 0 Å². The minimum atomic E-state index is -2.79. The van der Waals surface area contributed by atoms with Crippen LogP contribution in [0.3, 0.4) is 0 Å². The number of para-hydroxylation sites is 2. The Balaban J connectivity index is 1.58. The minimum Gasteiger partial charge on any atom is -0.393 e. The van der Waals surface area contributed by atoms with E-state index in [1.807, 2.05) is 4.90 Å². The largest absolute Gasteiger partial charge is 0.393 e.